The molecule has 0 heterocycles. The van der Waals surface area contributed by atoms with Crippen molar-refractivity contribution < 1.29 is 5.11 Å². The van der Waals surface area contributed by atoms with Gasteiger partial charge in [-0.05, 0) is 50.4 Å². The second-order valence-electron chi connectivity index (χ2n) is 5.89. The quantitative estimate of drug-likeness (QED) is 0.703. The van der Waals surface area contributed by atoms with Crippen molar-refractivity contribution in [3.63, 3.8) is 0 Å². The summed E-state index contributed by atoms with van der Waals surface area (Å²) < 4.78 is 0. The van der Waals surface area contributed by atoms with Gasteiger partial charge >= 0.3 is 0 Å². The molecule has 0 aliphatic heterocycles. The van der Waals surface area contributed by atoms with Gasteiger partial charge in [0.15, 0.2) is 0 Å². The van der Waals surface area contributed by atoms with Crippen LogP contribution in [0.5, 0.6) is 0 Å². The molecule has 1 nitrogen and oxygen atoms in total. The molecule has 0 aromatic rings. The summed E-state index contributed by atoms with van der Waals surface area (Å²) in [6.07, 6.45) is 5.48. The Morgan fingerprint density at radius 1 is 1.47 bits per heavy atom. The van der Waals surface area contributed by atoms with Crippen molar-refractivity contribution in [1.82, 2.24) is 0 Å². The molecule has 1 fully saturated rings. The molecule has 0 bridgehead atoms. The minimum atomic E-state index is -0.207. The van der Waals surface area contributed by atoms with Gasteiger partial charge < -0.3 is 5.11 Å². The fourth-order valence-electron chi connectivity index (χ4n) is 2.82. The molecule has 1 N–H and O–H groups in total. The minimum Gasteiger partial charge on any atom is -0.393 e. The van der Waals surface area contributed by atoms with Gasteiger partial charge in [0.2, 0.25) is 0 Å². The zero-order valence-electron chi connectivity index (χ0n) is 10.9. The van der Waals surface area contributed by atoms with Crippen molar-refractivity contribution in [1.29, 1.82) is 0 Å². The van der Waals surface area contributed by atoms with Crippen LogP contribution in [0.25, 0.3) is 0 Å². The molecule has 0 aromatic heterocycles. The van der Waals surface area contributed by atoms with Crippen LogP contribution in [-0.2, 0) is 0 Å². The lowest BCUT2D eigenvalue weighted by molar-refractivity contribution is 0.196. The molecule has 0 amide bonds. The van der Waals surface area contributed by atoms with Crippen molar-refractivity contribution in [2.24, 2.45) is 17.3 Å². The van der Waals surface area contributed by atoms with Gasteiger partial charge in [-0.25, -0.2) is 0 Å². The largest absolute Gasteiger partial charge is 0.393 e. The van der Waals surface area contributed by atoms with Gasteiger partial charge in [-0.15, -0.1) is 0 Å². The lowest BCUT2D eigenvalue weighted by atomic mass is 9.73. The van der Waals surface area contributed by atoms with Crippen LogP contribution in [0.2, 0.25) is 0 Å². The van der Waals surface area contributed by atoms with E-state index < -0.39 is 0 Å². The number of rotatable bonds is 3. The van der Waals surface area contributed by atoms with E-state index in [0.29, 0.717) is 11.3 Å². The smallest absolute Gasteiger partial charge is 0.0546 e. The van der Waals surface area contributed by atoms with Crippen molar-refractivity contribution >= 4 is 0 Å². The zero-order chi connectivity index (χ0) is 11.6. The molecule has 15 heavy (non-hydrogen) atoms. The third kappa shape index (κ3) is 2.84. The zero-order valence-corrected chi connectivity index (χ0v) is 10.9. The molecule has 0 radical (unpaired) electrons. The van der Waals surface area contributed by atoms with Gasteiger partial charge in [0, 0.05) is 0 Å². The lowest BCUT2D eigenvalue weighted by Crippen LogP contribution is -2.24. The Bertz CT molecular complexity index is 238. The molecule has 2 unspecified atom stereocenters. The Morgan fingerprint density at radius 2 is 2.07 bits per heavy atom. The lowest BCUT2D eigenvalue weighted by Gasteiger charge is -2.32. The van der Waals surface area contributed by atoms with E-state index in [1.165, 1.54) is 18.4 Å². The van der Waals surface area contributed by atoms with E-state index in [-0.39, 0.29) is 6.10 Å². The molecule has 0 spiro atoms. The van der Waals surface area contributed by atoms with Crippen LogP contribution in [0.15, 0.2) is 11.6 Å². The van der Waals surface area contributed by atoms with E-state index in [1.54, 1.807) is 0 Å². The standard InChI is InChI=1S/C14H26O/c1-10(6-8-12(3)15)13-9-7-11(2)14(13,4)5/h6,11-13,15H,7-9H2,1-5H3/t11-,12?,13?/m0/s1. The van der Waals surface area contributed by atoms with Crippen LogP contribution < -0.4 is 0 Å². The van der Waals surface area contributed by atoms with Gasteiger partial charge in [-0.1, -0.05) is 32.4 Å². The summed E-state index contributed by atoms with van der Waals surface area (Å²) in [5, 5.41) is 9.28. The topological polar surface area (TPSA) is 20.2 Å². The number of aliphatic hydroxyl groups is 1. The Morgan fingerprint density at radius 3 is 2.47 bits per heavy atom. The predicted molar refractivity (Wildman–Crippen MR) is 65.7 cm³/mol. The van der Waals surface area contributed by atoms with Crippen LogP contribution in [0.3, 0.4) is 0 Å². The molecule has 3 atom stereocenters. The second-order valence-corrected chi connectivity index (χ2v) is 5.89. The number of hydrogen-bond donors (Lipinski definition) is 1. The summed E-state index contributed by atoms with van der Waals surface area (Å²) in [4.78, 5) is 0. The van der Waals surface area contributed by atoms with E-state index in [4.69, 9.17) is 0 Å². The summed E-state index contributed by atoms with van der Waals surface area (Å²) in [6.45, 7) is 11.2. The van der Waals surface area contributed by atoms with Gasteiger partial charge in [-0.3, -0.25) is 0 Å². The minimum absolute atomic E-state index is 0.207. The summed E-state index contributed by atoms with van der Waals surface area (Å²) in [7, 11) is 0. The predicted octanol–water partition coefficient (Wildman–Crippen LogP) is 3.78. The Labute approximate surface area is 94.6 Å². The monoisotopic (exact) mass is 210 g/mol. The average Bonchev–Trinajstić information content (AvgIpc) is 2.38. The van der Waals surface area contributed by atoms with E-state index in [0.717, 1.165) is 12.3 Å². The van der Waals surface area contributed by atoms with E-state index in [9.17, 15) is 5.11 Å². The van der Waals surface area contributed by atoms with E-state index in [2.05, 4.69) is 33.8 Å². The highest BCUT2D eigenvalue weighted by molar-refractivity contribution is 5.11. The third-order valence-corrected chi connectivity index (χ3v) is 4.39. The maximum Gasteiger partial charge on any atom is 0.0546 e. The Kier molecular flexibility index (Phi) is 3.99. The van der Waals surface area contributed by atoms with Crippen LogP contribution in [-0.4, -0.2) is 11.2 Å². The summed E-state index contributed by atoms with van der Waals surface area (Å²) in [6, 6.07) is 0. The van der Waals surface area contributed by atoms with Crippen LogP contribution in [0.4, 0.5) is 0 Å². The fourth-order valence-corrected chi connectivity index (χ4v) is 2.82. The second kappa shape index (κ2) is 4.69. The summed E-state index contributed by atoms with van der Waals surface area (Å²) in [5.41, 5.74) is 1.91. The SMILES string of the molecule is CC(=CCC(C)O)C1CC[C@H](C)C1(C)C. The fraction of sp³-hybridized carbons (Fsp3) is 0.857. The summed E-state index contributed by atoms with van der Waals surface area (Å²) >= 11 is 0. The molecule has 1 aliphatic rings. The highest BCUT2D eigenvalue weighted by Crippen LogP contribution is 2.50. The Balaban J connectivity index is 2.68. The molecular weight excluding hydrogens is 184 g/mol. The first-order valence-corrected chi connectivity index (χ1v) is 6.20. The third-order valence-electron chi connectivity index (χ3n) is 4.39. The van der Waals surface area contributed by atoms with Gasteiger partial charge in [0.25, 0.3) is 0 Å². The molecule has 0 saturated heterocycles. The number of hydrogen-bond acceptors (Lipinski definition) is 1. The van der Waals surface area contributed by atoms with E-state index >= 15 is 0 Å². The summed E-state index contributed by atoms with van der Waals surface area (Å²) in [5.74, 6) is 1.53. The number of allylic oxidation sites excluding steroid dienone is 1. The van der Waals surface area contributed by atoms with E-state index in [1.807, 2.05) is 6.92 Å². The van der Waals surface area contributed by atoms with Crippen molar-refractivity contribution in [2.75, 3.05) is 0 Å². The molecule has 1 saturated carbocycles. The van der Waals surface area contributed by atoms with Crippen molar-refractivity contribution in [2.45, 2.75) is 60.0 Å². The average molecular weight is 210 g/mol. The molecule has 1 rings (SSSR count). The number of aliphatic hydroxyl groups excluding tert-OH is 1. The van der Waals surface area contributed by atoms with Gasteiger partial charge in [0.1, 0.15) is 0 Å². The Hall–Kier alpha value is -0.300. The molecular formula is C14H26O. The maximum atomic E-state index is 9.28. The van der Waals surface area contributed by atoms with Gasteiger partial charge in [0.05, 0.1) is 6.10 Å². The highest BCUT2D eigenvalue weighted by atomic mass is 16.3. The first-order chi connectivity index (χ1) is 6.85. The molecule has 1 aliphatic carbocycles. The maximum absolute atomic E-state index is 9.28. The molecule has 1 heteroatoms. The highest BCUT2D eigenvalue weighted by Gasteiger charge is 2.40. The van der Waals surface area contributed by atoms with Crippen LogP contribution in [0.1, 0.15) is 53.9 Å². The molecule has 88 valence electrons. The first-order valence-electron chi connectivity index (χ1n) is 6.20. The molecule has 0 aromatic carbocycles. The van der Waals surface area contributed by atoms with Crippen LogP contribution in [0, 0.1) is 17.3 Å². The normalized spacial score (nSPS) is 33.1. The van der Waals surface area contributed by atoms with Gasteiger partial charge in [-0.2, -0.15) is 0 Å². The van der Waals surface area contributed by atoms with Crippen molar-refractivity contribution in [3.8, 4) is 0 Å². The van der Waals surface area contributed by atoms with Crippen molar-refractivity contribution in [3.05, 3.63) is 11.6 Å². The first kappa shape index (κ1) is 12.8. The van der Waals surface area contributed by atoms with Crippen LogP contribution >= 0.6 is 0 Å².